The van der Waals surface area contributed by atoms with E-state index in [1.54, 1.807) is 25.4 Å². The number of thioether (sulfide) groups is 1. The normalized spacial score (nSPS) is 14.1. The molecule has 1 N–H and O–H groups in total. The third kappa shape index (κ3) is 4.76. The van der Waals surface area contributed by atoms with Crippen LogP contribution in [-0.2, 0) is 4.79 Å². The molecule has 2 heterocycles. The van der Waals surface area contributed by atoms with Crippen LogP contribution >= 0.6 is 11.8 Å². The Labute approximate surface area is 179 Å². The Morgan fingerprint density at radius 2 is 1.80 bits per heavy atom. The number of benzene rings is 2. The minimum Gasteiger partial charge on any atom is -0.497 e. The van der Waals surface area contributed by atoms with Gasteiger partial charge in [0.05, 0.1) is 24.8 Å². The lowest BCUT2D eigenvalue weighted by Gasteiger charge is -2.36. The van der Waals surface area contributed by atoms with Gasteiger partial charge in [-0.2, -0.15) is 0 Å². The molecule has 2 aromatic carbocycles. The van der Waals surface area contributed by atoms with E-state index < -0.39 is 0 Å². The number of aromatic nitrogens is 2. The first-order valence-corrected chi connectivity index (χ1v) is 10.7. The van der Waals surface area contributed by atoms with Gasteiger partial charge >= 0.3 is 0 Å². The Bertz CT molecular complexity index is 983. The average molecular weight is 427 g/mol. The molecule has 0 atom stereocenters. The molecular weight excluding hydrogens is 403 g/mol. The van der Waals surface area contributed by atoms with Crippen LogP contribution in [0.1, 0.15) is 0 Å². The minimum absolute atomic E-state index is 0.106. The van der Waals surface area contributed by atoms with Crippen LogP contribution in [0.5, 0.6) is 5.75 Å². The molecule has 1 amide bonds. The number of ether oxygens (including phenoxy) is 1. The van der Waals surface area contributed by atoms with Gasteiger partial charge in [-0.15, -0.1) is 0 Å². The smallest absolute Gasteiger partial charge is 0.233 e. The second-order valence-corrected chi connectivity index (χ2v) is 7.93. The Morgan fingerprint density at radius 1 is 1.10 bits per heavy atom. The van der Waals surface area contributed by atoms with Gasteiger partial charge in [0.15, 0.2) is 5.16 Å². The summed E-state index contributed by atoms with van der Waals surface area (Å²) in [6.07, 6.45) is 1.70. The molecule has 1 aliphatic heterocycles. The molecule has 0 bridgehead atoms. The summed E-state index contributed by atoms with van der Waals surface area (Å²) in [5, 5.41) is 0.680. The quantitative estimate of drug-likeness (QED) is 0.610. The molecule has 156 valence electrons. The molecule has 1 fully saturated rings. The highest BCUT2D eigenvalue weighted by Crippen LogP contribution is 2.23. The van der Waals surface area contributed by atoms with Gasteiger partial charge in [-0.05, 0) is 54.1 Å². The van der Waals surface area contributed by atoms with Crippen LogP contribution in [0.25, 0.3) is 11.3 Å². The number of hydrogen-bond donors (Lipinski definition) is 1. The minimum atomic E-state index is -0.273. The van der Waals surface area contributed by atoms with Crippen molar-refractivity contribution in [3.8, 4) is 17.0 Å². The van der Waals surface area contributed by atoms with Crippen molar-refractivity contribution in [3.05, 3.63) is 60.5 Å². The van der Waals surface area contributed by atoms with E-state index in [1.165, 1.54) is 23.9 Å². The fourth-order valence-corrected chi connectivity index (χ4v) is 4.13. The zero-order valence-electron chi connectivity index (χ0n) is 16.7. The van der Waals surface area contributed by atoms with Gasteiger partial charge in [-0.25, -0.2) is 9.37 Å². The van der Waals surface area contributed by atoms with Crippen LogP contribution in [0.4, 0.5) is 10.1 Å². The van der Waals surface area contributed by atoms with E-state index in [0.29, 0.717) is 24.0 Å². The van der Waals surface area contributed by atoms with Crippen molar-refractivity contribution in [1.82, 2.24) is 14.9 Å². The van der Waals surface area contributed by atoms with Crippen molar-refractivity contribution >= 4 is 23.4 Å². The summed E-state index contributed by atoms with van der Waals surface area (Å²) < 4.78 is 18.3. The number of anilines is 1. The predicted octanol–water partition coefficient (Wildman–Crippen LogP) is 3.67. The van der Waals surface area contributed by atoms with Crippen molar-refractivity contribution in [2.45, 2.75) is 5.16 Å². The van der Waals surface area contributed by atoms with Crippen LogP contribution in [0, 0.1) is 5.82 Å². The molecule has 6 nitrogen and oxygen atoms in total. The van der Waals surface area contributed by atoms with Gasteiger partial charge in [0, 0.05) is 31.9 Å². The number of nitrogens with one attached hydrogen (secondary N) is 1. The molecule has 1 aromatic heterocycles. The maximum atomic E-state index is 13.1. The number of carbonyl (C=O) groups is 1. The Balaban J connectivity index is 1.26. The van der Waals surface area contributed by atoms with Crippen molar-refractivity contribution in [1.29, 1.82) is 0 Å². The number of H-pyrrole nitrogens is 1. The molecule has 30 heavy (non-hydrogen) atoms. The van der Waals surface area contributed by atoms with Crippen LogP contribution in [0.15, 0.2) is 59.9 Å². The summed E-state index contributed by atoms with van der Waals surface area (Å²) in [7, 11) is 1.66. The molecule has 1 aliphatic rings. The first kappa shape index (κ1) is 20.3. The Kier molecular flexibility index (Phi) is 6.23. The summed E-state index contributed by atoms with van der Waals surface area (Å²) in [5.41, 5.74) is 2.80. The van der Waals surface area contributed by atoms with E-state index in [-0.39, 0.29) is 11.7 Å². The molecule has 0 saturated carbocycles. The number of amides is 1. The molecule has 0 radical (unpaired) electrons. The van der Waals surface area contributed by atoms with Crippen LogP contribution in [0.3, 0.4) is 0 Å². The average Bonchev–Trinajstić information content (AvgIpc) is 3.27. The molecule has 4 rings (SSSR count). The fraction of sp³-hybridized carbons (Fsp3) is 0.273. The number of methoxy groups -OCH3 is 1. The van der Waals surface area contributed by atoms with Gasteiger partial charge in [-0.3, -0.25) is 4.79 Å². The van der Waals surface area contributed by atoms with Gasteiger partial charge < -0.3 is 19.5 Å². The number of rotatable bonds is 6. The second kappa shape index (κ2) is 9.21. The number of piperazine rings is 1. The van der Waals surface area contributed by atoms with Gasteiger partial charge in [-0.1, -0.05) is 11.8 Å². The highest BCUT2D eigenvalue weighted by Gasteiger charge is 2.21. The number of halogens is 1. The highest BCUT2D eigenvalue weighted by molar-refractivity contribution is 7.99. The first-order valence-electron chi connectivity index (χ1n) is 9.73. The number of hydrogen-bond acceptors (Lipinski definition) is 5. The lowest BCUT2D eigenvalue weighted by molar-refractivity contribution is -0.128. The summed E-state index contributed by atoms with van der Waals surface area (Å²) in [6, 6.07) is 14.2. The molecule has 0 unspecified atom stereocenters. The molecule has 0 aliphatic carbocycles. The van der Waals surface area contributed by atoms with E-state index >= 15 is 0 Å². The maximum Gasteiger partial charge on any atom is 0.233 e. The van der Waals surface area contributed by atoms with Crippen molar-refractivity contribution in [3.63, 3.8) is 0 Å². The molecule has 1 saturated heterocycles. The number of nitrogens with zero attached hydrogens (tertiary/aromatic N) is 3. The van der Waals surface area contributed by atoms with Gasteiger partial charge in [0.25, 0.3) is 0 Å². The number of aromatic amines is 1. The lowest BCUT2D eigenvalue weighted by Crippen LogP contribution is -2.49. The third-order valence-corrected chi connectivity index (χ3v) is 5.98. The maximum absolute atomic E-state index is 13.1. The zero-order valence-corrected chi connectivity index (χ0v) is 17.5. The summed E-state index contributed by atoms with van der Waals surface area (Å²) in [6.45, 7) is 3.01. The lowest BCUT2D eigenvalue weighted by atomic mass is 10.2. The topological polar surface area (TPSA) is 61.5 Å². The Hall–Kier alpha value is -3.00. The van der Waals surface area contributed by atoms with E-state index in [1.807, 2.05) is 29.2 Å². The van der Waals surface area contributed by atoms with E-state index in [4.69, 9.17) is 4.74 Å². The standard InChI is InChI=1S/C22H23FN4O2S/c1-29-19-8-6-18(7-9-19)26-10-12-27(13-11-26)21(28)15-30-22-24-14-20(25-22)16-2-4-17(23)5-3-16/h2-9,14H,10-13,15H2,1H3,(H,24,25). The summed E-state index contributed by atoms with van der Waals surface area (Å²) >= 11 is 1.38. The second-order valence-electron chi connectivity index (χ2n) is 6.96. The summed E-state index contributed by atoms with van der Waals surface area (Å²) in [5.74, 6) is 1.00. The molecular formula is C22H23FN4O2S. The highest BCUT2D eigenvalue weighted by atomic mass is 32.2. The molecule has 3 aromatic rings. The number of imidazole rings is 1. The van der Waals surface area contributed by atoms with Crippen molar-refractivity contribution in [2.24, 2.45) is 0 Å². The largest absolute Gasteiger partial charge is 0.497 e. The van der Waals surface area contributed by atoms with Crippen LogP contribution in [0.2, 0.25) is 0 Å². The van der Waals surface area contributed by atoms with Crippen LogP contribution < -0.4 is 9.64 Å². The fourth-order valence-electron chi connectivity index (χ4n) is 3.38. The third-order valence-electron chi connectivity index (χ3n) is 5.11. The Morgan fingerprint density at radius 3 is 2.47 bits per heavy atom. The van der Waals surface area contributed by atoms with E-state index in [0.717, 1.165) is 35.8 Å². The SMILES string of the molecule is COc1ccc(N2CCN(C(=O)CSc3ncc(-c4ccc(F)cc4)[nH]3)CC2)cc1. The molecule has 0 spiro atoms. The monoisotopic (exact) mass is 426 g/mol. The van der Waals surface area contributed by atoms with E-state index in [2.05, 4.69) is 14.9 Å². The molecule has 8 heteroatoms. The van der Waals surface area contributed by atoms with Gasteiger partial charge in [0.2, 0.25) is 5.91 Å². The van der Waals surface area contributed by atoms with E-state index in [9.17, 15) is 9.18 Å². The van der Waals surface area contributed by atoms with Crippen molar-refractivity contribution in [2.75, 3.05) is 43.9 Å². The van der Waals surface area contributed by atoms with Gasteiger partial charge in [0.1, 0.15) is 11.6 Å². The first-order chi connectivity index (χ1) is 14.6. The number of carbonyl (C=O) groups excluding carboxylic acids is 1. The summed E-state index contributed by atoms with van der Waals surface area (Å²) in [4.78, 5) is 24.3. The van der Waals surface area contributed by atoms with Crippen LogP contribution in [-0.4, -0.2) is 59.8 Å². The predicted molar refractivity (Wildman–Crippen MR) is 116 cm³/mol. The zero-order chi connectivity index (χ0) is 20.9. The van der Waals surface area contributed by atoms with Crippen molar-refractivity contribution < 1.29 is 13.9 Å².